The summed E-state index contributed by atoms with van der Waals surface area (Å²) in [6.07, 6.45) is 2.25. The molecule has 26 heavy (non-hydrogen) atoms. The van der Waals surface area contributed by atoms with Crippen molar-refractivity contribution in [1.82, 2.24) is 9.80 Å². The molecule has 2 heterocycles. The molecule has 0 N–H and O–H groups in total. The van der Waals surface area contributed by atoms with Crippen molar-refractivity contribution in [3.63, 3.8) is 0 Å². The SMILES string of the molecule is O=C(c1ccco1)N1CCCN(C(=O)c2cccc3ccccc23)CC1. The Hall–Kier alpha value is -3.08. The van der Waals surface area contributed by atoms with E-state index in [0.29, 0.717) is 37.5 Å². The van der Waals surface area contributed by atoms with Crippen molar-refractivity contribution in [3.8, 4) is 0 Å². The average molecular weight is 348 g/mol. The van der Waals surface area contributed by atoms with E-state index in [9.17, 15) is 9.59 Å². The van der Waals surface area contributed by atoms with Crippen molar-refractivity contribution >= 4 is 22.6 Å². The van der Waals surface area contributed by atoms with Gasteiger partial charge in [-0.2, -0.15) is 0 Å². The first-order valence-electron chi connectivity index (χ1n) is 8.84. The van der Waals surface area contributed by atoms with Crippen LogP contribution in [-0.2, 0) is 0 Å². The lowest BCUT2D eigenvalue weighted by Crippen LogP contribution is -2.37. The quantitative estimate of drug-likeness (QED) is 0.713. The summed E-state index contributed by atoms with van der Waals surface area (Å²) < 4.78 is 5.21. The molecule has 0 saturated carbocycles. The molecule has 0 aliphatic carbocycles. The molecule has 5 nitrogen and oxygen atoms in total. The minimum atomic E-state index is -0.116. The maximum Gasteiger partial charge on any atom is 0.289 e. The van der Waals surface area contributed by atoms with Gasteiger partial charge in [0.1, 0.15) is 0 Å². The predicted molar refractivity (Wildman–Crippen MR) is 99.1 cm³/mol. The molecule has 0 spiro atoms. The van der Waals surface area contributed by atoms with Crippen molar-refractivity contribution in [2.75, 3.05) is 26.2 Å². The van der Waals surface area contributed by atoms with Gasteiger partial charge in [-0.05, 0) is 35.4 Å². The topological polar surface area (TPSA) is 53.8 Å². The Morgan fingerprint density at radius 1 is 0.769 bits per heavy atom. The minimum absolute atomic E-state index is 0.0223. The van der Waals surface area contributed by atoms with Crippen LogP contribution in [0.4, 0.5) is 0 Å². The van der Waals surface area contributed by atoms with Crippen LogP contribution >= 0.6 is 0 Å². The summed E-state index contributed by atoms with van der Waals surface area (Å²) in [7, 11) is 0. The monoisotopic (exact) mass is 348 g/mol. The Morgan fingerprint density at radius 3 is 2.27 bits per heavy atom. The number of hydrogen-bond acceptors (Lipinski definition) is 3. The van der Waals surface area contributed by atoms with Crippen LogP contribution in [-0.4, -0.2) is 47.8 Å². The fraction of sp³-hybridized carbons (Fsp3) is 0.238. The van der Waals surface area contributed by atoms with Gasteiger partial charge in [0.05, 0.1) is 6.26 Å². The lowest BCUT2D eigenvalue weighted by atomic mass is 10.0. The molecular formula is C21H20N2O3. The van der Waals surface area contributed by atoms with Gasteiger partial charge < -0.3 is 14.2 Å². The van der Waals surface area contributed by atoms with Gasteiger partial charge in [-0.15, -0.1) is 0 Å². The van der Waals surface area contributed by atoms with E-state index in [1.165, 1.54) is 6.26 Å². The number of fused-ring (bicyclic) bond motifs is 1. The summed E-state index contributed by atoms with van der Waals surface area (Å²) >= 11 is 0. The summed E-state index contributed by atoms with van der Waals surface area (Å²) in [5.41, 5.74) is 0.717. The summed E-state index contributed by atoms with van der Waals surface area (Å²) in [5.74, 6) is 0.252. The molecule has 0 radical (unpaired) electrons. The van der Waals surface area contributed by atoms with E-state index < -0.39 is 0 Å². The third-order valence-corrected chi connectivity index (χ3v) is 4.82. The Bertz CT molecular complexity index is 928. The molecular weight excluding hydrogens is 328 g/mol. The van der Waals surface area contributed by atoms with Crippen LogP contribution in [0.15, 0.2) is 65.3 Å². The summed E-state index contributed by atoms with van der Waals surface area (Å²) in [6, 6.07) is 17.1. The van der Waals surface area contributed by atoms with Gasteiger partial charge in [-0.3, -0.25) is 9.59 Å². The van der Waals surface area contributed by atoms with Crippen LogP contribution in [0, 0.1) is 0 Å². The molecule has 0 atom stereocenters. The van der Waals surface area contributed by atoms with Crippen molar-refractivity contribution < 1.29 is 14.0 Å². The van der Waals surface area contributed by atoms with Gasteiger partial charge in [0.15, 0.2) is 5.76 Å². The van der Waals surface area contributed by atoms with Gasteiger partial charge in [-0.25, -0.2) is 0 Å². The number of nitrogens with zero attached hydrogens (tertiary/aromatic N) is 2. The van der Waals surface area contributed by atoms with Crippen molar-refractivity contribution in [3.05, 3.63) is 72.2 Å². The largest absolute Gasteiger partial charge is 0.459 e. The number of amides is 2. The van der Waals surface area contributed by atoms with Gasteiger partial charge >= 0.3 is 0 Å². The van der Waals surface area contributed by atoms with Crippen LogP contribution in [0.5, 0.6) is 0 Å². The third kappa shape index (κ3) is 3.08. The smallest absolute Gasteiger partial charge is 0.289 e. The van der Waals surface area contributed by atoms with E-state index in [0.717, 1.165) is 17.2 Å². The average Bonchev–Trinajstić information content (AvgIpc) is 3.11. The van der Waals surface area contributed by atoms with Gasteiger partial charge in [0.2, 0.25) is 0 Å². The molecule has 1 aliphatic rings. The maximum absolute atomic E-state index is 13.1. The molecule has 5 heteroatoms. The Balaban J connectivity index is 1.52. The van der Waals surface area contributed by atoms with E-state index >= 15 is 0 Å². The van der Waals surface area contributed by atoms with E-state index in [1.54, 1.807) is 17.0 Å². The number of rotatable bonds is 2. The zero-order valence-corrected chi connectivity index (χ0v) is 14.4. The summed E-state index contributed by atoms with van der Waals surface area (Å²) in [6.45, 7) is 2.30. The third-order valence-electron chi connectivity index (χ3n) is 4.82. The second-order valence-electron chi connectivity index (χ2n) is 6.44. The predicted octanol–water partition coefficient (Wildman–Crippen LogP) is 3.42. The molecule has 0 bridgehead atoms. The molecule has 1 saturated heterocycles. The van der Waals surface area contributed by atoms with E-state index in [1.807, 2.05) is 47.4 Å². The van der Waals surface area contributed by atoms with Crippen molar-refractivity contribution in [1.29, 1.82) is 0 Å². The van der Waals surface area contributed by atoms with Crippen LogP contribution < -0.4 is 0 Å². The Kier molecular flexibility index (Phi) is 4.44. The molecule has 3 aromatic rings. The van der Waals surface area contributed by atoms with Crippen LogP contribution in [0.1, 0.15) is 27.3 Å². The fourth-order valence-corrected chi connectivity index (χ4v) is 3.46. The molecule has 2 aromatic carbocycles. The summed E-state index contributed by atoms with van der Waals surface area (Å²) in [5, 5.41) is 2.02. The van der Waals surface area contributed by atoms with Crippen LogP contribution in [0.3, 0.4) is 0 Å². The molecule has 1 fully saturated rings. The highest BCUT2D eigenvalue weighted by Gasteiger charge is 2.25. The molecule has 1 aliphatic heterocycles. The molecule has 0 unspecified atom stereocenters. The highest BCUT2D eigenvalue weighted by Crippen LogP contribution is 2.21. The second kappa shape index (κ2) is 7.04. The summed E-state index contributed by atoms with van der Waals surface area (Å²) in [4.78, 5) is 29.1. The molecule has 1 aromatic heterocycles. The highest BCUT2D eigenvalue weighted by molar-refractivity contribution is 6.07. The maximum atomic E-state index is 13.1. The van der Waals surface area contributed by atoms with Gasteiger partial charge in [0, 0.05) is 31.7 Å². The first-order chi connectivity index (χ1) is 12.7. The Morgan fingerprint density at radius 2 is 1.50 bits per heavy atom. The number of carbonyl (C=O) groups excluding carboxylic acids is 2. The van der Waals surface area contributed by atoms with Crippen molar-refractivity contribution in [2.45, 2.75) is 6.42 Å². The van der Waals surface area contributed by atoms with Crippen molar-refractivity contribution in [2.24, 2.45) is 0 Å². The zero-order valence-electron chi connectivity index (χ0n) is 14.4. The number of furan rings is 1. The first kappa shape index (κ1) is 16.4. The Labute approximate surface area is 151 Å². The van der Waals surface area contributed by atoms with Crippen LogP contribution in [0.25, 0.3) is 10.8 Å². The second-order valence-corrected chi connectivity index (χ2v) is 6.44. The van der Waals surface area contributed by atoms with Gasteiger partial charge in [0.25, 0.3) is 11.8 Å². The standard InChI is InChI=1S/C21H20N2O3/c24-20(18-9-3-7-16-6-1-2-8-17(16)18)22-11-5-12-23(14-13-22)21(25)19-10-4-15-26-19/h1-4,6-10,15H,5,11-14H2. The number of benzene rings is 2. The number of hydrogen-bond donors (Lipinski definition) is 0. The molecule has 2 amide bonds. The van der Waals surface area contributed by atoms with Gasteiger partial charge in [-0.1, -0.05) is 36.4 Å². The number of carbonyl (C=O) groups is 2. The first-order valence-corrected chi connectivity index (χ1v) is 8.84. The highest BCUT2D eigenvalue weighted by atomic mass is 16.3. The zero-order chi connectivity index (χ0) is 17.9. The molecule has 4 rings (SSSR count). The minimum Gasteiger partial charge on any atom is -0.459 e. The van der Waals surface area contributed by atoms with E-state index in [4.69, 9.17) is 4.42 Å². The lowest BCUT2D eigenvalue weighted by Gasteiger charge is -2.22. The molecule has 132 valence electrons. The van der Waals surface area contributed by atoms with E-state index in [-0.39, 0.29) is 11.8 Å². The van der Waals surface area contributed by atoms with E-state index in [2.05, 4.69) is 0 Å². The van der Waals surface area contributed by atoms with Crippen LogP contribution in [0.2, 0.25) is 0 Å². The lowest BCUT2D eigenvalue weighted by molar-refractivity contribution is 0.0701. The fourth-order valence-electron chi connectivity index (χ4n) is 3.46. The normalized spacial score (nSPS) is 15.1.